The number of rotatable bonds is 0. The molecule has 2 aromatic carbocycles. The Morgan fingerprint density at radius 2 is 1.00 bits per heavy atom. The molecule has 24 heavy (non-hydrogen) atoms. The van der Waals surface area contributed by atoms with Crippen molar-refractivity contribution < 1.29 is 0 Å². The lowest BCUT2D eigenvalue weighted by Gasteiger charge is -1.84. The molecule has 0 spiro atoms. The Morgan fingerprint density at radius 1 is 0.500 bits per heavy atom. The topological polar surface area (TPSA) is 0 Å². The molecule has 4 aromatic rings. The number of fused-ring (bicyclic) bond motifs is 3. The Hall–Kier alpha value is -3.14. The molecule has 0 radical (unpaired) electrons. The smallest absolute Gasteiger partial charge is 0.0928 e. The first-order chi connectivity index (χ1) is 11.9. The Morgan fingerprint density at radius 3 is 1.50 bits per heavy atom. The first-order valence-electron chi connectivity index (χ1n) is 7.20. The molecule has 0 fully saturated rings. The molecule has 0 amide bonds. The van der Waals surface area contributed by atoms with E-state index in [1.807, 2.05) is 47.2 Å². The summed E-state index contributed by atoms with van der Waals surface area (Å²) in [4.78, 5) is 0. The fourth-order valence-corrected chi connectivity index (χ4v) is 3.55. The van der Waals surface area contributed by atoms with E-state index in [9.17, 15) is 0 Å². The number of hydrogen-bond donors (Lipinski definition) is 0. The Balaban J connectivity index is 2.12. The maximum Gasteiger partial charge on any atom is 0.0928 e. The Labute approximate surface area is 149 Å². The highest BCUT2D eigenvalue weighted by atomic mass is 32.1. The van der Waals surface area contributed by atoms with Crippen molar-refractivity contribution in [1.82, 2.24) is 0 Å². The maximum atomic E-state index is 3.23. The highest BCUT2D eigenvalue weighted by Crippen LogP contribution is 2.16. The summed E-state index contributed by atoms with van der Waals surface area (Å²) in [5.41, 5.74) is 0. The standard InChI is InChI=1S/C22H8S2/c1-2-6-18-10-12-22-20(14-16-24-22)8-4-3-7-19-13-15-23-21(19)11-9-17(18)5-1/h1-2,5-6,13-16H. The largest absolute Gasteiger partial charge is 0.134 e. The highest BCUT2D eigenvalue weighted by Gasteiger charge is 1.89. The van der Waals surface area contributed by atoms with E-state index < -0.39 is 0 Å². The van der Waals surface area contributed by atoms with E-state index in [-0.39, 0.29) is 0 Å². The minimum absolute atomic E-state index is 0.924. The van der Waals surface area contributed by atoms with Crippen LogP contribution in [0, 0.1) is 48.5 Å². The maximum absolute atomic E-state index is 3.23. The van der Waals surface area contributed by atoms with Crippen molar-refractivity contribution >= 4 is 53.6 Å². The van der Waals surface area contributed by atoms with E-state index in [4.69, 9.17) is 0 Å². The first kappa shape index (κ1) is 14.5. The summed E-state index contributed by atoms with van der Waals surface area (Å²) in [5, 5.41) is 7.71. The second kappa shape index (κ2) is 6.54. The average molecular weight is 336 g/mol. The molecule has 0 bridgehead atoms. The van der Waals surface area contributed by atoms with Crippen molar-refractivity contribution in [2.24, 2.45) is 0 Å². The molecular formula is C22H8S2. The molecule has 4 rings (SSSR count). The van der Waals surface area contributed by atoms with Crippen LogP contribution in [-0.2, 0) is 0 Å². The van der Waals surface area contributed by atoms with E-state index >= 15 is 0 Å². The van der Waals surface area contributed by atoms with Gasteiger partial charge in [-0.15, -0.1) is 22.7 Å². The first-order valence-corrected chi connectivity index (χ1v) is 8.96. The van der Waals surface area contributed by atoms with Gasteiger partial charge in [0.2, 0.25) is 0 Å². The van der Waals surface area contributed by atoms with Gasteiger partial charge in [0.05, 0.1) is 20.2 Å². The zero-order chi connectivity index (χ0) is 16.2. The van der Waals surface area contributed by atoms with Gasteiger partial charge in [0, 0.05) is 10.8 Å². The molecule has 0 nitrogen and oxygen atoms in total. The SMILES string of the molecule is c1c#cc2ccsc2c#cc2ccccc2c#cc2sccc2c#1. The van der Waals surface area contributed by atoms with Crippen LogP contribution in [0.15, 0.2) is 47.2 Å². The minimum atomic E-state index is 0.924. The van der Waals surface area contributed by atoms with E-state index in [0.29, 0.717) is 0 Å². The predicted molar refractivity (Wildman–Crippen MR) is 101 cm³/mol. The van der Waals surface area contributed by atoms with E-state index in [0.717, 1.165) is 30.9 Å². The van der Waals surface area contributed by atoms with Crippen LogP contribution in [0.4, 0.5) is 0 Å². The van der Waals surface area contributed by atoms with Crippen LogP contribution in [-0.4, -0.2) is 0 Å². The Bertz CT molecular complexity index is 1030. The summed E-state index contributed by atoms with van der Waals surface area (Å²) >= 11 is 3.18. The van der Waals surface area contributed by atoms with Crippen LogP contribution in [0.2, 0.25) is 0 Å². The molecule has 2 heterocycles. The molecule has 0 aliphatic rings. The van der Waals surface area contributed by atoms with Crippen LogP contribution in [0.3, 0.4) is 0 Å². The Kier molecular flexibility index (Phi) is 3.94. The second-order valence-electron chi connectivity index (χ2n) is 4.87. The molecule has 0 N–H and O–H groups in total. The van der Waals surface area contributed by atoms with Gasteiger partial charge < -0.3 is 0 Å². The fourth-order valence-electron chi connectivity index (χ4n) is 2.16. The van der Waals surface area contributed by atoms with Crippen LogP contribution in [0.5, 0.6) is 0 Å². The normalized spacial score (nSPS) is 9.17. The molecule has 0 aliphatic carbocycles. The summed E-state index contributed by atoms with van der Waals surface area (Å²) in [7, 11) is 0. The van der Waals surface area contributed by atoms with E-state index in [2.05, 4.69) is 48.5 Å². The van der Waals surface area contributed by atoms with Crippen LogP contribution in [0.1, 0.15) is 0 Å². The van der Waals surface area contributed by atoms with Gasteiger partial charge in [0.25, 0.3) is 0 Å². The molecule has 0 saturated carbocycles. The predicted octanol–water partition coefficient (Wildman–Crippen LogP) is 5.92. The molecule has 2 aromatic heterocycles. The van der Waals surface area contributed by atoms with Gasteiger partial charge in [-0.3, -0.25) is 0 Å². The number of hydrogen-bond acceptors (Lipinski definition) is 2. The third-order valence-electron chi connectivity index (χ3n) is 3.34. The molecule has 2 heteroatoms. The lowest BCUT2D eigenvalue weighted by atomic mass is 10.2. The van der Waals surface area contributed by atoms with Crippen LogP contribution < -0.4 is 0 Å². The minimum Gasteiger partial charge on any atom is -0.134 e. The quantitative estimate of drug-likeness (QED) is 0.374. The zero-order valence-electron chi connectivity index (χ0n) is 12.4. The average Bonchev–Trinajstić information content (AvgIpc) is 3.24. The van der Waals surface area contributed by atoms with Gasteiger partial charge in [-0.2, -0.15) is 0 Å². The summed E-state index contributed by atoms with van der Waals surface area (Å²) in [5.74, 6) is 0. The van der Waals surface area contributed by atoms with Crippen molar-refractivity contribution in [1.29, 1.82) is 0 Å². The number of thiophene rings is 2. The van der Waals surface area contributed by atoms with E-state index in [1.54, 1.807) is 22.7 Å². The summed E-state index contributed by atoms with van der Waals surface area (Å²) in [6.45, 7) is 0. The van der Waals surface area contributed by atoms with Crippen molar-refractivity contribution in [2.75, 3.05) is 0 Å². The van der Waals surface area contributed by atoms with Gasteiger partial charge in [-0.05, 0) is 59.3 Å². The van der Waals surface area contributed by atoms with Crippen LogP contribution >= 0.6 is 22.7 Å². The van der Waals surface area contributed by atoms with Gasteiger partial charge in [0.1, 0.15) is 0 Å². The summed E-state index contributed by atoms with van der Waals surface area (Å²) in [6.07, 6.45) is 0. The zero-order valence-corrected chi connectivity index (χ0v) is 14.1. The molecule has 0 unspecified atom stereocenters. The summed E-state index contributed by atoms with van der Waals surface area (Å²) in [6, 6.07) is 36.9. The lowest BCUT2D eigenvalue weighted by Crippen LogP contribution is -1.62. The van der Waals surface area contributed by atoms with Gasteiger partial charge >= 0.3 is 0 Å². The van der Waals surface area contributed by atoms with Gasteiger partial charge in [-0.1, -0.05) is 36.4 Å². The van der Waals surface area contributed by atoms with Gasteiger partial charge in [0.15, 0.2) is 0 Å². The summed E-state index contributed by atoms with van der Waals surface area (Å²) < 4.78 is 1.92. The molecule has 0 aliphatic heterocycles. The van der Waals surface area contributed by atoms with Gasteiger partial charge in [-0.25, -0.2) is 0 Å². The molecule has 0 saturated heterocycles. The monoisotopic (exact) mass is 336 g/mol. The highest BCUT2D eigenvalue weighted by molar-refractivity contribution is 7.17. The fraction of sp³-hybridized carbons (Fsp3) is 0. The van der Waals surface area contributed by atoms with Crippen molar-refractivity contribution in [3.8, 4) is 0 Å². The second-order valence-corrected chi connectivity index (χ2v) is 6.70. The van der Waals surface area contributed by atoms with Crippen molar-refractivity contribution in [2.45, 2.75) is 0 Å². The number of benzene rings is 1. The van der Waals surface area contributed by atoms with Crippen molar-refractivity contribution in [3.05, 3.63) is 95.7 Å². The van der Waals surface area contributed by atoms with E-state index in [1.165, 1.54) is 0 Å². The van der Waals surface area contributed by atoms with Crippen LogP contribution in [0.25, 0.3) is 30.9 Å². The third-order valence-corrected chi connectivity index (χ3v) is 5.00. The third kappa shape index (κ3) is 2.99. The molecule has 0 atom stereocenters. The molecular weight excluding hydrogens is 328 g/mol. The van der Waals surface area contributed by atoms with Crippen molar-refractivity contribution in [3.63, 3.8) is 0 Å². The lowest BCUT2D eigenvalue weighted by molar-refractivity contribution is 1.82. The molecule has 108 valence electrons.